The van der Waals surface area contributed by atoms with E-state index < -0.39 is 5.82 Å². The fourth-order valence-corrected chi connectivity index (χ4v) is 2.95. The topological polar surface area (TPSA) is 56.2 Å². The third kappa shape index (κ3) is 5.22. The first kappa shape index (κ1) is 20.6. The molecule has 0 aliphatic heterocycles. The molecular formula is C23H26FN3O2. The molecular weight excluding hydrogens is 369 g/mol. The molecule has 0 unspecified atom stereocenters. The number of aryl methyl sites for hydroxylation is 1. The zero-order chi connectivity index (χ0) is 20.8. The molecule has 0 fully saturated rings. The Balaban J connectivity index is 1.91. The third-order valence-electron chi connectivity index (χ3n) is 4.49. The SMILES string of the molecule is Cc1nn(-c2ccccc2)c(Oc2ccccc2F)c1CCC(=O)NCC(C)C. The van der Waals surface area contributed by atoms with Crippen LogP contribution in [0.2, 0.25) is 0 Å². The van der Waals surface area contributed by atoms with Gasteiger partial charge in [0.1, 0.15) is 0 Å². The summed E-state index contributed by atoms with van der Waals surface area (Å²) in [5.41, 5.74) is 2.34. The summed E-state index contributed by atoms with van der Waals surface area (Å²) < 4.78 is 21.8. The molecule has 1 N–H and O–H groups in total. The second-order valence-corrected chi connectivity index (χ2v) is 7.35. The van der Waals surface area contributed by atoms with Gasteiger partial charge in [-0.15, -0.1) is 0 Å². The van der Waals surface area contributed by atoms with Crippen molar-refractivity contribution in [2.24, 2.45) is 5.92 Å². The normalized spacial score (nSPS) is 10.9. The molecule has 29 heavy (non-hydrogen) atoms. The van der Waals surface area contributed by atoms with E-state index in [9.17, 15) is 9.18 Å². The van der Waals surface area contributed by atoms with Crippen LogP contribution in [0.25, 0.3) is 5.69 Å². The molecule has 0 saturated carbocycles. The maximum Gasteiger partial charge on any atom is 0.226 e. The summed E-state index contributed by atoms with van der Waals surface area (Å²) in [6, 6.07) is 15.8. The number of benzene rings is 2. The van der Waals surface area contributed by atoms with Crippen molar-refractivity contribution in [1.29, 1.82) is 0 Å². The highest BCUT2D eigenvalue weighted by Crippen LogP contribution is 2.32. The molecule has 5 nitrogen and oxygen atoms in total. The number of hydrogen-bond acceptors (Lipinski definition) is 3. The minimum atomic E-state index is -0.452. The van der Waals surface area contributed by atoms with E-state index in [1.165, 1.54) is 6.07 Å². The van der Waals surface area contributed by atoms with Crippen molar-refractivity contribution < 1.29 is 13.9 Å². The van der Waals surface area contributed by atoms with Crippen LogP contribution in [0.5, 0.6) is 11.6 Å². The van der Waals surface area contributed by atoms with Gasteiger partial charge in [-0.25, -0.2) is 9.07 Å². The number of nitrogens with zero attached hydrogens (tertiary/aromatic N) is 2. The van der Waals surface area contributed by atoms with Gasteiger partial charge >= 0.3 is 0 Å². The number of hydrogen-bond donors (Lipinski definition) is 1. The van der Waals surface area contributed by atoms with Crippen LogP contribution in [0.15, 0.2) is 54.6 Å². The highest BCUT2D eigenvalue weighted by Gasteiger charge is 2.20. The second-order valence-electron chi connectivity index (χ2n) is 7.35. The van der Waals surface area contributed by atoms with Crippen LogP contribution >= 0.6 is 0 Å². The Hall–Kier alpha value is -3.15. The molecule has 0 aliphatic carbocycles. The minimum Gasteiger partial charge on any atom is -0.436 e. The number of carbonyl (C=O) groups is 1. The van der Waals surface area contributed by atoms with Crippen LogP contribution in [0.4, 0.5) is 4.39 Å². The van der Waals surface area contributed by atoms with Crippen LogP contribution in [-0.4, -0.2) is 22.2 Å². The molecule has 0 radical (unpaired) electrons. The Morgan fingerprint density at radius 3 is 2.52 bits per heavy atom. The zero-order valence-corrected chi connectivity index (χ0v) is 17.0. The molecule has 1 aromatic heterocycles. The van der Waals surface area contributed by atoms with Crippen molar-refractivity contribution >= 4 is 5.91 Å². The predicted octanol–water partition coefficient (Wildman–Crippen LogP) is 4.82. The van der Waals surface area contributed by atoms with Gasteiger partial charge in [-0.05, 0) is 43.5 Å². The Kier molecular flexibility index (Phi) is 6.65. The number of rotatable bonds is 8. The summed E-state index contributed by atoms with van der Waals surface area (Å²) >= 11 is 0. The van der Waals surface area contributed by atoms with E-state index in [1.807, 2.05) is 37.3 Å². The van der Waals surface area contributed by atoms with Gasteiger partial charge in [0.05, 0.1) is 11.4 Å². The van der Waals surface area contributed by atoms with Gasteiger partial charge in [-0.3, -0.25) is 4.79 Å². The summed E-state index contributed by atoms with van der Waals surface area (Å²) in [7, 11) is 0. The number of carbonyl (C=O) groups excluding carboxylic acids is 1. The van der Waals surface area contributed by atoms with E-state index in [0.29, 0.717) is 31.2 Å². The highest BCUT2D eigenvalue weighted by atomic mass is 19.1. The Morgan fingerprint density at radius 1 is 1.14 bits per heavy atom. The lowest BCUT2D eigenvalue weighted by Crippen LogP contribution is -2.27. The van der Waals surface area contributed by atoms with Crippen molar-refractivity contribution in [1.82, 2.24) is 15.1 Å². The Bertz CT molecular complexity index is 968. The van der Waals surface area contributed by atoms with Crippen molar-refractivity contribution in [3.8, 4) is 17.3 Å². The molecule has 0 atom stereocenters. The van der Waals surface area contributed by atoms with Gasteiger partial charge in [0.15, 0.2) is 11.6 Å². The van der Waals surface area contributed by atoms with Gasteiger partial charge in [-0.2, -0.15) is 5.10 Å². The Morgan fingerprint density at radius 2 is 1.83 bits per heavy atom. The van der Waals surface area contributed by atoms with Gasteiger partial charge in [0.25, 0.3) is 0 Å². The number of nitrogens with one attached hydrogen (secondary N) is 1. The number of ether oxygens (including phenoxy) is 1. The summed E-state index contributed by atoms with van der Waals surface area (Å²) in [4.78, 5) is 12.2. The molecule has 0 bridgehead atoms. The van der Waals surface area contributed by atoms with E-state index >= 15 is 0 Å². The molecule has 6 heteroatoms. The zero-order valence-electron chi connectivity index (χ0n) is 17.0. The molecule has 0 aliphatic rings. The molecule has 1 heterocycles. The van der Waals surface area contributed by atoms with Crippen molar-refractivity contribution in [3.05, 3.63) is 71.7 Å². The maximum absolute atomic E-state index is 14.2. The lowest BCUT2D eigenvalue weighted by Gasteiger charge is -2.12. The minimum absolute atomic E-state index is 0.0256. The number of aromatic nitrogens is 2. The average Bonchev–Trinajstić information content (AvgIpc) is 3.02. The molecule has 2 aromatic carbocycles. The van der Waals surface area contributed by atoms with Crippen molar-refractivity contribution in [3.63, 3.8) is 0 Å². The van der Waals surface area contributed by atoms with Crippen LogP contribution in [-0.2, 0) is 11.2 Å². The smallest absolute Gasteiger partial charge is 0.226 e. The van der Waals surface area contributed by atoms with Gasteiger partial charge in [0.2, 0.25) is 11.8 Å². The fourth-order valence-electron chi connectivity index (χ4n) is 2.95. The molecule has 3 rings (SSSR count). The number of halogens is 1. The van der Waals surface area contributed by atoms with Crippen LogP contribution in [0.1, 0.15) is 31.5 Å². The lowest BCUT2D eigenvalue weighted by atomic mass is 10.1. The summed E-state index contributed by atoms with van der Waals surface area (Å²) in [6.07, 6.45) is 0.758. The van der Waals surface area contributed by atoms with E-state index in [-0.39, 0.29) is 11.7 Å². The van der Waals surface area contributed by atoms with Gasteiger partial charge < -0.3 is 10.1 Å². The first-order chi connectivity index (χ1) is 14.0. The summed E-state index contributed by atoms with van der Waals surface area (Å²) in [5.74, 6) is 0.459. The van der Waals surface area contributed by atoms with Crippen molar-refractivity contribution in [2.45, 2.75) is 33.6 Å². The molecule has 1 amide bonds. The predicted molar refractivity (Wildman–Crippen MR) is 111 cm³/mol. The first-order valence-electron chi connectivity index (χ1n) is 9.78. The molecule has 152 valence electrons. The van der Waals surface area contributed by atoms with Gasteiger partial charge in [0, 0.05) is 18.5 Å². The van der Waals surface area contributed by atoms with E-state index in [2.05, 4.69) is 24.3 Å². The van der Waals surface area contributed by atoms with Crippen LogP contribution < -0.4 is 10.1 Å². The van der Waals surface area contributed by atoms with Gasteiger partial charge in [-0.1, -0.05) is 44.2 Å². The summed E-state index contributed by atoms with van der Waals surface area (Å²) in [6.45, 7) is 6.61. The molecule has 3 aromatic rings. The average molecular weight is 395 g/mol. The monoisotopic (exact) mass is 395 g/mol. The van der Waals surface area contributed by atoms with Crippen molar-refractivity contribution in [2.75, 3.05) is 6.54 Å². The van der Waals surface area contributed by atoms with E-state index in [4.69, 9.17) is 4.74 Å². The molecule has 0 saturated heterocycles. The quantitative estimate of drug-likeness (QED) is 0.595. The van der Waals surface area contributed by atoms with Crippen LogP contribution in [0, 0.1) is 18.7 Å². The highest BCUT2D eigenvalue weighted by molar-refractivity contribution is 5.76. The summed E-state index contributed by atoms with van der Waals surface area (Å²) in [5, 5.41) is 7.52. The second kappa shape index (κ2) is 9.37. The molecule has 0 spiro atoms. The third-order valence-corrected chi connectivity index (χ3v) is 4.49. The number of amides is 1. The largest absolute Gasteiger partial charge is 0.436 e. The first-order valence-corrected chi connectivity index (χ1v) is 9.78. The number of para-hydroxylation sites is 2. The Labute approximate surface area is 170 Å². The van der Waals surface area contributed by atoms with E-state index in [1.54, 1.807) is 22.9 Å². The maximum atomic E-state index is 14.2. The standard InChI is InChI=1S/C23H26FN3O2/c1-16(2)15-25-22(28)14-13-19-17(3)26-27(18-9-5-4-6-10-18)23(19)29-21-12-8-7-11-20(21)24/h4-12,16H,13-15H2,1-3H3,(H,25,28). The van der Waals surface area contributed by atoms with E-state index in [0.717, 1.165) is 16.9 Å². The fraction of sp³-hybridized carbons (Fsp3) is 0.304. The lowest BCUT2D eigenvalue weighted by molar-refractivity contribution is -0.121. The van der Waals surface area contributed by atoms with Crippen LogP contribution in [0.3, 0.4) is 0 Å².